The van der Waals surface area contributed by atoms with Gasteiger partial charge in [0.1, 0.15) is 0 Å². The molecule has 0 unspecified atom stereocenters. The monoisotopic (exact) mass is 155 g/mol. The lowest BCUT2D eigenvalue weighted by atomic mass is 10.5. The van der Waals surface area contributed by atoms with Crippen LogP contribution in [0.25, 0.3) is 0 Å². The van der Waals surface area contributed by atoms with E-state index < -0.39 is 0 Å². The van der Waals surface area contributed by atoms with Crippen molar-refractivity contribution in [2.45, 2.75) is 13.8 Å². The van der Waals surface area contributed by atoms with Gasteiger partial charge in [0.2, 0.25) is 0 Å². The minimum absolute atomic E-state index is 0.224. The van der Waals surface area contributed by atoms with Crippen LogP contribution < -0.4 is 0 Å². The van der Waals surface area contributed by atoms with Gasteiger partial charge in [-0.05, 0) is 13.8 Å². The highest BCUT2D eigenvalue weighted by Crippen LogP contribution is 2.20. The first-order chi connectivity index (χ1) is 5.27. The fourth-order valence-electron chi connectivity index (χ4n) is 0.932. The molecule has 0 amide bonds. The zero-order valence-electron chi connectivity index (χ0n) is 6.96. The molecule has 1 fully saturated rings. The molecule has 62 valence electrons. The van der Waals surface area contributed by atoms with Crippen LogP contribution in [0.4, 0.5) is 0 Å². The molecule has 0 aromatic carbocycles. The highest BCUT2D eigenvalue weighted by atomic mass is 16.5. The summed E-state index contributed by atoms with van der Waals surface area (Å²) in [6.45, 7) is 6.22. The second-order valence-corrected chi connectivity index (χ2v) is 2.40. The lowest BCUT2D eigenvalue weighted by Crippen LogP contribution is -2.00. The van der Waals surface area contributed by atoms with E-state index in [-0.39, 0.29) is 5.97 Å². The van der Waals surface area contributed by atoms with Crippen LogP contribution in [0.2, 0.25) is 0 Å². The van der Waals surface area contributed by atoms with E-state index in [2.05, 4.69) is 11.8 Å². The number of hydrogen-bond donors (Lipinski definition) is 0. The molecule has 1 saturated heterocycles. The van der Waals surface area contributed by atoms with Gasteiger partial charge in [0.15, 0.2) is 0 Å². The number of nitrogens with zero attached hydrogens (tertiary/aromatic N) is 1. The van der Waals surface area contributed by atoms with Crippen LogP contribution in [0.15, 0.2) is 11.8 Å². The lowest BCUT2D eigenvalue weighted by Gasteiger charge is -1.94. The van der Waals surface area contributed by atoms with Gasteiger partial charge in [0.05, 0.1) is 13.2 Å². The molecule has 3 nitrogen and oxygen atoms in total. The van der Waals surface area contributed by atoms with Gasteiger partial charge >= 0.3 is 5.97 Å². The predicted octanol–water partition coefficient (Wildman–Crippen LogP) is 0.769. The summed E-state index contributed by atoms with van der Waals surface area (Å²) in [5, 5.41) is 0. The van der Waals surface area contributed by atoms with E-state index >= 15 is 0 Å². The Bertz CT molecular complexity index is 187. The quantitative estimate of drug-likeness (QED) is 0.342. The van der Waals surface area contributed by atoms with Crippen molar-refractivity contribution < 1.29 is 9.53 Å². The standard InChI is InChI=1S/C8H13NO2/c1-3-9-6-7(9)5-8(10)11-4-2/h5H,3-4,6H2,1-2H3/b7-5+. The zero-order valence-corrected chi connectivity index (χ0v) is 6.96. The molecule has 0 aromatic heterocycles. The van der Waals surface area contributed by atoms with Gasteiger partial charge in [-0.1, -0.05) is 0 Å². The summed E-state index contributed by atoms with van der Waals surface area (Å²) in [5.41, 5.74) is 1.09. The molecular formula is C8H13NO2. The number of esters is 1. The Morgan fingerprint density at radius 2 is 2.45 bits per heavy atom. The van der Waals surface area contributed by atoms with Crippen molar-refractivity contribution in [3.05, 3.63) is 11.8 Å². The Labute approximate surface area is 66.6 Å². The molecule has 0 spiro atoms. The number of carbonyl (C=O) groups excluding carboxylic acids is 1. The molecule has 0 bridgehead atoms. The molecule has 1 aliphatic rings. The number of rotatable bonds is 3. The molecule has 1 rings (SSSR count). The Balaban J connectivity index is 2.30. The van der Waals surface area contributed by atoms with Gasteiger partial charge in [0, 0.05) is 18.3 Å². The average Bonchev–Trinajstić information content (AvgIpc) is 2.68. The van der Waals surface area contributed by atoms with Crippen LogP contribution >= 0.6 is 0 Å². The van der Waals surface area contributed by atoms with Crippen LogP contribution in [0.3, 0.4) is 0 Å². The summed E-state index contributed by atoms with van der Waals surface area (Å²) in [6.07, 6.45) is 1.56. The van der Waals surface area contributed by atoms with E-state index in [9.17, 15) is 4.79 Å². The summed E-state index contributed by atoms with van der Waals surface area (Å²) < 4.78 is 4.74. The normalized spacial score (nSPS) is 18.7. The van der Waals surface area contributed by atoms with E-state index in [1.165, 1.54) is 0 Å². The van der Waals surface area contributed by atoms with E-state index in [1.807, 2.05) is 0 Å². The van der Waals surface area contributed by atoms with Crippen LogP contribution in [0.5, 0.6) is 0 Å². The molecule has 1 aliphatic heterocycles. The first kappa shape index (κ1) is 8.11. The smallest absolute Gasteiger partial charge is 0.332 e. The van der Waals surface area contributed by atoms with Gasteiger partial charge in [0.25, 0.3) is 0 Å². The van der Waals surface area contributed by atoms with Crippen molar-refractivity contribution in [3.63, 3.8) is 0 Å². The molecule has 1 heterocycles. The third-order valence-electron chi connectivity index (χ3n) is 1.61. The fraction of sp³-hybridized carbons (Fsp3) is 0.625. The van der Waals surface area contributed by atoms with Crippen molar-refractivity contribution in [1.82, 2.24) is 4.90 Å². The van der Waals surface area contributed by atoms with Crippen molar-refractivity contribution in [3.8, 4) is 0 Å². The van der Waals surface area contributed by atoms with E-state index in [4.69, 9.17) is 4.74 Å². The van der Waals surface area contributed by atoms with E-state index in [0.717, 1.165) is 18.8 Å². The summed E-state index contributed by atoms with van der Waals surface area (Å²) in [5.74, 6) is -0.224. The lowest BCUT2D eigenvalue weighted by molar-refractivity contribution is -0.137. The topological polar surface area (TPSA) is 29.3 Å². The second-order valence-electron chi connectivity index (χ2n) is 2.40. The minimum Gasteiger partial charge on any atom is -0.463 e. The molecule has 0 aliphatic carbocycles. The van der Waals surface area contributed by atoms with Gasteiger partial charge in [-0.3, -0.25) is 0 Å². The summed E-state index contributed by atoms with van der Waals surface area (Å²) in [7, 11) is 0. The molecular weight excluding hydrogens is 142 g/mol. The summed E-state index contributed by atoms with van der Waals surface area (Å²) in [4.78, 5) is 12.9. The molecule has 0 atom stereocenters. The SMILES string of the molecule is CCOC(=O)/C=C1\CN1CC. The highest BCUT2D eigenvalue weighted by molar-refractivity contribution is 5.83. The summed E-state index contributed by atoms with van der Waals surface area (Å²) >= 11 is 0. The minimum atomic E-state index is -0.224. The van der Waals surface area contributed by atoms with E-state index in [0.29, 0.717) is 6.61 Å². The van der Waals surface area contributed by atoms with Crippen molar-refractivity contribution in [2.75, 3.05) is 19.7 Å². The molecule has 0 radical (unpaired) electrons. The van der Waals surface area contributed by atoms with Gasteiger partial charge < -0.3 is 9.64 Å². The van der Waals surface area contributed by atoms with E-state index in [1.54, 1.807) is 13.0 Å². The molecule has 0 N–H and O–H groups in total. The maximum atomic E-state index is 10.8. The Kier molecular flexibility index (Phi) is 2.52. The fourth-order valence-corrected chi connectivity index (χ4v) is 0.932. The Morgan fingerprint density at radius 1 is 1.73 bits per heavy atom. The maximum absolute atomic E-state index is 10.8. The van der Waals surface area contributed by atoms with Gasteiger partial charge in [-0.25, -0.2) is 4.79 Å². The third kappa shape index (κ3) is 2.26. The maximum Gasteiger partial charge on any atom is 0.332 e. The first-order valence-corrected chi connectivity index (χ1v) is 3.90. The predicted molar refractivity (Wildman–Crippen MR) is 42.0 cm³/mol. The first-order valence-electron chi connectivity index (χ1n) is 3.90. The van der Waals surface area contributed by atoms with Crippen LogP contribution in [0, 0.1) is 0 Å². The highest BCUT2D eigenvalue weighted by Gasteiger charge is 2.23. The largest absolute Gasteiger partial charge is 0.463 e. The summed E-state index contributed by atoms with van der Waals surface area (Å²) in [6, 6.07) is 0. The number of carbonyl (C=O) groups is 1. The number of likely N-dealkylation sites (N-methyl/N-ethyl adjacent to an activating group) is 1. The molecule has 3 heteroatoms. The van der Waals surface area contributed by atoms with Gasteiger partial charge in [-0.15, -0.1) is 0 Å². The second kappa shape index (κ2) is 3.42. The Morgan fingerprint density at radius 3 is 2.91 bits per heavy atom. The zero-order chi connectivity index (χ0) is 8.27. The van der Waals surface area contributed by atoms with Crippen molar-refractivity contribution in [1.29, 1.82) is 0 Å². The van der Waals surface area contributed by atoms with Gasteiger partial charge in [-0.2, -0.15) is 0 Å². The van der Waals surface area contributed by atoms with Crippen LogP contribution in [-0.4, -0.2) is 30.6 Å². The Hall–Kier alpha value is -0.990. The van der Waals surface area contributed by atoms with Crippen LogP contribution in [-0.2, 0) is 9.53 Å². The molecule has 0 saturated carbocycles. The number of ether oxygens (including phenoxy) is 1. The molecule has 11 heavy (non-hydrogen) atoms. The molecule has 0 aromatic rings. The van der Waals surface area contributed by atoms with Crippen LogP contribution in [0.1, 0.15) is 13.8 Å². The third-order valence-corrected chi connectivity index (χ3v) is 1.61. The number of hydrogen-bond acceptors (Lipinski definition) is 3. The average molecular weight is 155 g/mol. The van der Waals surface area contributed by atoms with Crippen molar-refractivity contribution in [2.24, 2.45) is 0 Å². The van der Waals surface area contributed by atoms with Crippen molar-refractivity contribution >= 4 is 5.97 Å².